The van der Waals surface area contributed by atoms with E-state index in [9.17, 15) is 4.79 Å². The van der Waals surface area contributed by atoms with Crippen LogP contribution in [0, 0.1) is 0 Å². The van der Waals surface area contributed by atoms with Crippen LogP contribution in [-0.2, 0) is 0 Å². The van der Waals surface area contributed by atoms with Crippen molar-refractivity contribution < 1.29 is 9.21 Å². The molecule has 0 radical (unpaired) electrons. The van der Waals surface area contributed by atoms with Crippen LogP contribution in [0.15, 0.2) is 16.7 Å². The second-order valence-corrected chi connectivity index (χ2v) is 4.47. The Balaban J connectivity index is 2.92. The van der Waals surface area contributed by atoms with Crippen molar-refractivity contribution in [3.8, 4) is 0 Å². The fourth-order valence-electron chi connectivity index (χ4n) is 1.26. The van der Waals surface area contributed by atoms with E-state index in [-0.39, 0.29) is 28.7 Å². The Labute approximate surface area is 104 Å². The lowest BCUT2D eigenvalue weighted by Gasteiger charge is -2.25. The van der Waals surface area contributed by atoms with Gasteiger partial charge in [-0.05, 0) is 31.5 Å². The summed E-state index contributed by atoms with van der Waals surface area (Å²) in [6, 6.07) is 1.51. The van der Waals surface area contributed by atoms with Crippen LogP contribution in [0.3, 0.4) is 0 Å². The Hall–Kier alpha value is -1.07. The van der Waals surface area contributed by atoms with Gasteiger partial charge < -0.3 is 15.1 Å². The molecule has 0 fully saturated rings. The highest BCUT2D eigenvalue weighted by Crippen LogP contribution is 2.19. The third-order valence-electron chi connectivity index (χ3n) is 2.06. The SMILES string of the molecule is CC(C)N(CC(N)=S)C(=O)c1ccoc1Cl. The molecule has 2 N–H and O–H groups in total. The number of amides is 1. The third-order valence-corrected chi connectivity index (χ3v) is 2.48. The molecule has 0 bridgehead atoms. The first-order valence-corrected chi connectivity index (χ1v) is 5.54. The fraction of sp³-hybridized carbons (Fsp3) is 0.400. The number of hydrogen-bond acceptors (Lipinski definition) is 3. The quantitative estimate of drug-likeness (QED) is 0.842. The number of carbonyl (C=O) groups is 1. The van der Waals surface area contributed by atoms with Gasteiger partial charge in [0.05, 0.1) is 23.4 Å². The van der Waals surface area contributed by atoms with Gasteiger partial charge >= 0.3 is 0 Å². The van der Waals surface area contributed by atoms with Gasteiger partial charge in [0.15, 0.2) is 0 Å². The van der Waals surface area contributed by atoms with Gasteiger partial charge in [-0.15, -0.1) is 0 Å². The lowest BCUT2D eigenvalue weighted by Crippen LogP contribution is -2.42. The Morgan fingerprint density at radius 3 is 2.69 bits per heavy atom. The van der Waals surface area contributed by atoms with Crippen LogP contribution >= 0.6 is 23.8 Å². The molecule has 0 aliphatic carbocycles. The molecule has 16 heavy (non-hydrogen) atoms. The van der Waals surface area contributed by atoms with Crippen molar-refractivity contribution in [2.75, 3.05) is 6.54 Å². The van der Waals surface area contributed by atoms with Gasteiger partial charge in [0, 0.05) is 6.04 Å². The first-order chi connectivity index (χ1) is 7.43. The topological polar surface area (TPSA) is 59.5 Å². The number of halogens is 1. The number of nitrogens with two attached hydrogens (primary N) is 1. The summed E-state index contributed by atoms with van der Waals surface area (Å²) in [5, 5.41) is 0.0820. The van der Waals surface area contributed by atoms with E-state index in [0.717, 1.165) is 0 Å². The minimum atomic E-state index is -0.235. The molecule has 1 amide bonds. The van der Waals surface area contributed by atoms with Crippen LogP contribution in [0.4, 0.5) is 0 Å². The second-order valence-electron chi connectivity index (χ2n) is 3.60. The summed E-state index contributed by atoms with van der Waals surface area (Å²) in [7, 11) is 0. The lowest BCUT2D eigenvalue weighted by atomic mass is 10.2. The molecule has 6 heteroatoms. The molecule has 0 aromatic carbocycles. The molecule has 1 rings (SSSR count). The molecular formula is C10H13ClN2O2S. The van der Waals surface area contributed by atoms with Crippen molar-refractivity contribution in [3.05, 3.63) is 23.1 Å². The molecule has 0 unspecified atom stereocenters. The van der Waals surface area contributed by atoms with E-state index >= 15 is 0 Å². The molecule has 1 aromatic heterocycles. The summed E-state index contributed by atoms with van der Waals surface area (Å²) >= 11 is 10.5. The molecule has 4 nitrogen and oxygen atoms in total. The predicted molar refractivity (Wildman–Crippen MR) is 66.7 cm³/mol. The number of rotatable bonds is 4. The molecule has 0 saturated carbocycles. The second kappa shape index (κ2) is 5.32. The minimum absolute atomic E-state index is 0.0139. The maximum Gasteiger partial charge on any atom is 0.259 e. The van der Waals surface area contributed by atoms with E-state index in [1.165, 1.54) is 12.3 Å². The zero-order valence-electron chi connectivity index (χ0n) is 9.07. The molecule has 88 valence electrons. The summed E-state index contributed by atoms with van der Waals surface area (Å²) in [5.41, 5.74) is 5.77. The van der Waals surface area contributed by atoms with Crippen LogP contribution in [0.1, 0.15) is 24.2 Å². The van der Waals surface area contributed by atoms with Gasteiger partial charge in [-0.2, -0.15) is 0 Å². The van der Waals surface area contributed by atoms with Crippen molar-refractivity contribution in [2.45, 2.75) is 19.9 Å². The maximum absolute atomic E-state index is 12.1. The normalized spacial score (nSPS) is 10.5. The van der Waals surface area contributed by atoms with Crippen LogP contribution in [0.25, 0.3) is 0 Å². The number of furan rings is 1. The average molecular weight is 261 g/mol. The van der Waals surface area contributed by atoms with Crippen molar-refractivity contribution >= 4 is 34.7 Å². The molecule has 0 aliphatic heterocycles. The summed E-state index contributed by atoms with van der Waals surface area (Å²) in [5.74, 6) is -0.235. The van der Waals surface area contributed by atoms with Gasteiger partial charge in [0.25, 0.3) is 5.91 Å². The van der Waals surface area contributed by atoms with Gasteiger partial charge in [-0.1, -0.05) is 12.2 Å². The van der Waals surface area contributed by atoms with Gasteiger partial charge in [-0.3, -0.25) is 4.79 Å². The molecule has 0 atom stereocenters. The Morgan fingerprint density at radius 1 is 1.69 bits per heavy atom. The van der Waals surface area contributed by atoms with Crippen LogP contribution in [0.2, 0.25) is 5.22 Å². The first kappa shape index (κ1) is 13.0. The van der Waals surface area contributed by atoms with Crippen molar-refractivity contribution in [3.63, 3.8) is 0 Å². The Morgan fingerprint density at radius 2 is 2.31 bits per heavy atom. The largest absolute Gasteiger partial charge is 0.452 e. The summed E-state index contributed by atoms with van der Waals surface area (Å²) in [6.45, 7) is 3.99. The average Bonchev–Trinajstić information content (AvgIpc) is 2.59. The summed E-state index contributed by atoms with van der Waals surface area (Å²) in [6.07, 6.45) is 1.37. The van der Waals surface area contributed by atoms with Crippen molar-refractivity contribution in [1.29, 1.82) is 0 Å². The molecule has 0 saturated heterocycles. The highest BCUT2D eigenvalue weighted by Gasteiger charge is 2.22. The number of thiocarbonyl (C=S) groups is 1. The zero-order chi connectivity index (χ0) is 12.3. The smallest absolute Gasteiger partial charge is 0.259 e. The van der Waals surface area contributed by atoms with E-state index in [1.807, 2.05) is 13.8 Å². The van der Waals surface area contributed by atoms with Crippen LogP contribution < -0.4 is 5.73 Å². The highest BCUT2D eigenvalue weighted by atomic mass is 35.5. The van der Waals surface area contributed by atoms with Gasteiger partial charge in [0.2, 0.25) is 5.22 Å². The van der Waals surface area contributed by atoms with Crippen molar-refractivity contribution in [2.24, 2.45) is 5.73 Å². The van der Waals surface area contributed by atoms with Crippen LogP contribution in [-0.4, -0.2) is 28.4 Å². The Kier molecular flexibility index (Phi) is 4.32. The monoisotopic (exact) mass is 260 g/mol. The predicted octanol–water partition coefficient (Wildman–Crippen LogP) is 2.07. The molecule has 1 aromatic rings. The fourth-order valence-corrected chi connectivity index (χ4v) is 1.59. The third kappa shape index (κ3) is 2.96. The standard InChI is InChI=1S/C10H13ClN2O2S/c1-6(2)13(5-8(12)16)10(14)7-3-4-15-9(7)11/h3-4,6H,5H2,1-2H3,(H2,12,16). The molecule has 0 aliphatic rings. The van der Waals surface area contributed by atoms with E-state index in [1.54, 1.807) is 4.90 Å². The molecular weight excluding hydrogens is 248 g/mol. The Bertz CT molecular complexity index is 403. The number of hydrogen-bond donors (Lipinski definition) is 1. The summed E-state index contributed by atoms with van der Waals surface area (Å²) < 4.78 is 4.87. The van der Waals surface area contributed by atoms with Crippen LogP contribution in [0.5, 0.6) is 0 Å². The number of carbonyl (C=O) groups excluding carboxylic acids is 1. The van der Waals surface area contributed by atoms with E-state index in [0.29, 0.717) is 5.56 Å². The highest BCUT2D eigenvalue weighted by molar-refractivity contribution is 7.80. The van der Waals surface area contributed by atoms with E-state index in [4.69, 9.17) is 34.0 Å². The molecule has 1 heterocycles. The zero-order valence-corrected chi connectivity index (χ0v) is 10.6. The van der Waals surface area contributed by atoms with Gasteiger partial charge in [-0.25, -0.2) is 0 Å². The first-order valence-electron chi connectivity index (χ1n) is 4.75. The van der Waals surface area contributed by atoms with Gasteiger partial charge in [0.1, 0.15) is 0 Å². The molecule has 0 spiro atoms. The maximum atomic E-state index is 12.1. The van der Waals surface area contributed by atoms with E-state index < -0.39 is 0 Å². The minimum Gasteiger partial charge on any atom is -0.452 e. The number of nitrogens with zero attached hydrogens (tertiary/aromatic N) is 1. The van der Waals surface area contributed by atoms with E-state index in [2.05, 4.69) is 0 Å². The van der Waals surface area contributed by atoms with Crippen molar-refractivity contribution in [1.82, 2.24) is 4.90 Å². The lowest BCUT2D eigenvalue weighted by molar-refractivity contribution is 0.0735. The summed E-state index contributed by atoms with van der Waals surface area (Å²) in [4.78, 5) is 13.9.